The van der Waals surface area contributed by atoms with Gasteiger partial charge in [0.15, 0.2) is 0 Å². The average molecular weight is 250 g/mol. The summed E-state index contributed by atoms with van der Waals surface area (Å²) in [5.74, 6) is -1.10. The van der Waals surface area contributed by atoms with E-state index >= 15 is 0 Å². The third-order valence-corrected chi connectivity index (χ3v) is 4.01. The van der Waals surface area contributed by atoms with E-state index < -0.39 is 16.0 Å². The fourth-order valence-electron chi connectivity index (χ4n) is 1.73. The zero-order chi connectivity index (χ0) is 12.2. The normalized spacial score (nSPS) is 22.4. The summed E-state index contributed by atoms with van der Waals surface area (Å²) in [6, 6.07) is 0. The number of carboxylic acid groups (broad SMARTS) is 1. The SMILES string of the molecule is CN1CCC(CNS(=O)(=O)CCC(=O)O)C1. The van der Waals surface area contributed by atoms with Crippen LogP contribution in [0.1, 0.15) is 12.8 Å². The number of nitrogens with zero attached hydrogens (tertiary/aromatic N) is 1. The van der Waals surface area contributed by atoms with Crippen LogP contribution >= 0.6 is 0 Å². The Morgan fingerprint density at radius 3 is 2.75 bits per heavy atom. The summed E-state index contributed by atoms with van der Waals surface area (Å²) in [6.45, 7) is 2.29. The molecule has 0 aliphatic carbocycles. The number of carboxylic acids is 1. The predicted molar refractivity (Wildman–Crippen MR) is 59.6 cm³/mol. The first kappa shape index (κ1) is 13.4. The Balaban J connectivity index is 2.28. The first-order valence-electron chi connectivity index (χ1n) is 5.27. The minimum atomic E-state index is -3.43. The highest BCUT2D eigenvalue weighted by atomic mass is 32.2. The summed E-state index contributed by atoms with van der Waals surface area (Å²) in [6.07, 6.45) is 0.637. The van der Waals surface area contributed by atoms with E-state index in [1.807, 2.05) is 7.05 Å². The van der Waals surface area contributed by atoms with Gasteiger partial charge in [-0.15, -0.1) is 0 Å². The van der Waals surface area contributed by atoms with Gasteiger partial charge >= 0.3 is 5.97 Å². The molecule has 0 radical (unpaired) electrons. The Morgan fingerprint density at radius 2 is 2.25 bits per heavy atom. The highest BCUT2D eigenvalue weighted by Crippen LogP contribution is 2.13. The zero-order valence-electron chi connectivity index (χ0n) is 9.35. The quantitative estimate of drug-likeness (QED) is 0.653. The van der Waals surface area contributed by atoms with Gasteiger partial charge in [-0.25, -0.2) is 13.1 Å². The Hall–Kier alpha value is -0.660. The fraction of sp³-hybridized carbons (Fsp3) is 0.889. The van der Waals surface area contributed by atoms with Gasteiger partial charge in [0.1, 0.15) is 0 Å². The van der Waals surface area contributed by atoms with Gasteiger partial charge in [0, 0.05) is 13.1 Å². The number of rotatable bonds is 6. The second kappa shape index (κ2) is 5.60. The molecule has 1 unspecified atom stereocenters. The lowest BCUT2D eigenvalue weighted by molar-refractivity contribution is -0.136. The molecule has 1 aliphatic heterocycles. The molecule has 16 heavy (non-hydrogen) atoms. The first-order valence-corrected chi connectivity index (χ1v) is 6.92. The Bertz CT molecular complexity index is 341. The molecule has 0 saturated carbocycles. The molecule has 1 atom stereocenters. The predicted octanol–water partition coefficient (Wildman–Crippen LogP) is -0.668. The van der Waals surface area contributed by atoms with E-state index in [0.717, 1.165) is 19.5 Å². The summed E-state index contributed by atoms with van der Waals surface area (Å²) in [5, 5.41) is 8.39. The molecule has 7 heteroatoms. The van der Waals surface area contributed by atoms with Gasteiger partial charge in [-0.05, 0) is 25.9 Å². The lowest BCUT2D eigenvalue weighted by Gasteiger charge is -2.11. The minimum absolute atomic E-state index is 0.338. The maximum absolute atomic E-state index is 11.4. The van der Waals surface area contributed by atoms with Gasteiger partial charge in [-0.3, -0.25) is 4.79 Å². The van der Waals surface area contributed by atoms with Crippen LogP contribution in [0.15, 0.2) is 0 Å². The molecule has 0 bridgehead atoms. The molecule has 1 aliphatic rings. The van der Waals surface area contributed by atoms with Crippen LogP contribution in [0, 0.1) is 5.92 Å². The summed E-state index contributed by atoms with van der Waals surface area (Å²) < 4.78 is 25.2. The van der Waals surface area contributed by atoms with Gasteiger partial charge in [0.25, 0.3) is 0 Å². The van der Waals surface area contributed by atoms with E-state index in [0.29, 0.717) is 12.5 Å². The minimum Gasteiger partial charge on any atom is -0.481 e. The van der Waals surface area contributed by atoms with Crippen LogP contribution in [0.4, 0.5) is 0 Å². The molecule has 1 fully saturated rings. The van der Waals surface area contributed by atoms with Crippen LogP contribution in [-0.4, -0.2) is 56.8 Å². The number of hydrogen-bond donors (Lipinski definition) is 2. The van der Waals surface area contributed by atoms with E-state index in [9.17, 15) is 13.2 Å². The second-order valence-corrected chi connectivity index (χ2v) is 6.15. The van der Waals surface area contributed by atoms with Gasteiger partial charge in [0.2, 0.25) is 10.0 Å². The van der Waals surface area contributed by atoms with E-state index in [-0.39, 0.29) is 12.2 Å². The molecule has 6 nitrogen and oxygen atoms in total. The molecule has 2 N–H and O–H groups in total. The molecule has 1 rings (SSSR count). The van der Waals surface area contributed by atoms with Crippen molar-refractivity contribution in [3.63, 3.8) is 0 Å². The molecule has 1 saturated heterocycles. The van der Waals surface area contributed by atoms with Gasteiger partial charge in [0.05, 0.1) is 12.2 Å². The number of sulfonamides is 1. The smallest absolute Gasteiger partial charge is 0.304 e. The summed E-state index contributed by atoms with van der Waals surface area (Å²) in [5.41, 5.74) is 0. The maximum Gasteiger partial charge on any atom is 0.304 e. The molecule has 0 amide bonds. The van der Waals surface area contributed by atoms with Crippen molar-refractivity contribution in [3.05, 3.63) is 0 Å². The van der Waals surface area contributed by atoms with Crippen molar-refractivity contribution >= 4 is 16.0 Å². The van der Waals surface area contributed by atoms with Crippen molar-refractivity contribution in [1.82, 2.24) is 9.62 Å². The Labute approximate surface area is 95.7 Å². The molecule has 0 aromatic heterocycles. The van der Waals surface area contributed by atoms with Crippen LogP contribution in [-0.2, 0) is 14.8 Å². The maximum atomic E-state index is 11.4. The Kier molecular flexibility index (Phi) is 4.69. The first-order chi connectivity index (χ1) is 7.39. The van der Waals surface area contributed by atoms with Crippen LogP contribution in [0.3, 0.4) is 0 Å². The molecule has 0 aromatic rings. The summed E-state index contributed by atoms with van der Waals surface area (Å²) >= 11 is 0. The van der Waals surface area contributed by atoms with Gasteiger partial charge in [-0.2, -0.15) is 0 Å². The number of nitrogens with one attached hydrogen (secondary N) is 1. The molecule has 0 aromatic carbocycles. The van der Waals surface area contributed by atoms with E-state index in [1.165, 1.54) is 0 Å². The van der Waals surface area contributed by atoms with Crippen LogP contribution in [0.5, 0.6) is 0 Å². The van der Waals surface area contributed by atoms with Crippen molar-refractivity contribution < 1.29 is 18.3 Å². The van der Waals surface area contributed by atoms with Crippen LogP contribution in [0.2, 0.25) is 0 Å². The molecular formula is C9H18N2O4S. The monoisotopic (exact) mass is 250 g/mol. The van der Waals surface area contributed by atoms with Crippen molar-refractivity contribution in [3.8, 4) is 0 Å². The van der Waals surface area contributed by atoms with Crippen molar-refractivity contribution in [2.45, 2.75) is 12.8 Å². The summed E-state index contributed by atoms with van der Waals surface area (Å²) in [4.78, 5) is 12.4. The van der Waals surface area contributed by atoms with E-state index in [1.54, 1.807) is 0 Å². The highest BCUT2D eigenvalue weighted by Gasteiger charge is 2.21. The zero-order valence-corrected chi connectivity index (χ0v) is 10.2. The molecule has 94 valence electrons. The van der Waals surface area contributed by atoms with E-state index in [2.05, 4.69) is 9.62 Å². The largest absolute Gasteiger partial charge is 0.481 e. The van der Waals surface area contributed by atoms with Gasteiger partial charge < -0.3 is 10.0 Å². The average Bonchev–Trinajstić information content (AvgIpc) is 2.59. The van der Waals surface area contributed by atoms with Crippen LogP contribution < -0.4 is 4.72 Å². The number of aliphatic carboxylic acids is 1. The lowest BCUT2D eigenvalue weighted by atomic mass is 10.1. The Morgan fingerprint density at radius 1 is 1.56 bits per heavy atom. The standard InChI is InChI=1S/C9H18N2O4S/c1-11-4-2-8(7-11)6-10-16(14,15)5-3-9(12)13/h8,10H,2-7H2,1H3,(H,12,13). The second-order valence-electron chi connectivity index (χ2n) is 4.23. The number of hydrogen-bond acceptors (Lipinski definition) is 4. The number of carbonyl (C=O) groups is 1. The summed E-state index contributed by atoms with van der Waals surface area (Å²) in [7, 11) is -1.43. The van der Waals surface area contributed by atoms with Crippen molar-refractivity contribution in [1.29, 1.82) is 0 Å². The topological polar surface area (TPSA) is 86.7 Å². The third kappa shape index (κ3) is 4.91. The van der Waals surface area contributed by atoms with Crippen molar-refractivity contribution in [2.75, 3.05) is 32.4 Å². The van der Waals surface area contributed by atoms with Gasteiger partial charge in [-0.1, -0.05) is 0 Å². The molecule has 1 heterocycles. The third-order valence-electron chi connectivity index (χ3n) is 2.67. The fourth-order valence-corrected chi connectivity index (χ4v) is 2.81. The number of likely N-dealkylation sites (tertiary alicyclic amines) is 1. The highest BCUT2D eigenvalue weighted by molar-refractivity contribution is 7.89. The molecular weight excluding hydrogens is 232 g/mol. The lowest BCUT2D eigenvalue weighted by Crippen LogP contribution is -2.32. The van der Waals surface area contributed by atoms with Crippen molar-refractivity contribution in [2.24, 2.45) is 5.92 Å². The molecule has 0 spiro atoms. The van der Waals surface area contributed by atoms with Crippen LogP contribution in [0.25, 0.3) is 0 Å². The van der Waals surface area contributed by atoms with E-state index in [4.69, 9.17) is 5.11 Å².